The number of halogens is 2. The smallest absolute Gasteiger partial charge is 0.367 e. The summed E-state index contributed by atoms with van der Waals surface area (Å²) in [5.41, 5.74) is 4.31. The Hall–Kier alpha value is -1.62. The van der Waals surface area contributed by atoms with Gasteiger partial charge >= 0.3 is 5.97 Å². The van der Waals surface area contributed by atoms with Crippen molar-refractivity contribution >= 4 is 33.0 Å². The zero-order valence-corrected chi connectivity index (χ0v) is 20.1. The van der Waals surface area contributed by atoms with Gasteiger partial charge in [-0.1, -0.05) is 40.7 Å². The van der Waals surface area contributed by atoms with Crippen molar-refractivity contribution in [3.8, 4) is 5.75 Å². The van der Waals surface area contributed by atoms with Crippen LogP contribution in [-0.2, 0) is 14.9 Å². The topological polar surface area (TPSA) is 35.5 Å². The average Bonchev–Trinajstić information content (AvgIpc) is 2.64. The molecule has 0 amide bonds. The van der Waals surface area contributed by atoms with E-state index in [0.29, 0.717) is 35.8 Å². The fraction of sp³-hybridized carbons (Fsp3) is 0.542. The lowest BCUT2D eigenvalue weighted by molar-refractivity contribution is -0.140. The third-order valence-corrected chi connectivity index (χ3v) is 6.11. The lowest BCUT2D eigenvalue weighted by atomic mass is 9.70. The fourth-order valence-electron chi connectivity index (χ4n) is 3.94. The van der Waals surface area contributed by atoms with Crippen molar-refractivity contribution in [2.45, 2.75) is 66.7 Å². The minimum atomic E-state index is -0.930. The minimum absolute atomic E-state index is 0.0906. The summed E-state index contributed by atoms with van der Waals surface area (Å²) >= 11 is 3.77. The standard InChI is InChI=1S/C24H32BrFO3/c1-8-15(21(26)23(27)29-10-3)18-13-17-16(14(4)5)11-12-24(6,7)19(17)20(25)22(18)28-9-2/h11,13-14H,8-10,12H2,1-7H3/b21-15+. The van der Waals surface area contributed by atoms with Crippen molar-refractivity contribution in [2.75, 3.05) is 13.2 Å². The number of ether oxygens (including phenoxy) is 2. The molecule has 2 rings (SSSR count). The second-order valence-corrected chi connectivity index (χ2v) is 8.98. The largest absolute Gasteiger partial charge is 0.492 e. The summed E-state index contributed by atoms with van der Waals surface area (Å²) in [5, 5.41) is 0. The maximum absolute atomic E-state index is 15.0. The summed E-state index contributed by atoms with van der Waals surface area (Å²) in [6.07, 6.45) is 3.55. The first kappa shape index (κ1) is 23.7. The molecule has 1 aliphatic rings. The van der Waals surface area contributed by atoms with Crippen LogP contribution in [0.5, 0.6) is 5.75 Å². The summed E-state index contributed by atoms with van der Waals surface area (Å²) in [6.45, 7) is 14.7. The molecule has 29 heavy (non-hydrogen) atoms. The molecule has 0 atom stereocenters. The first-order chi connectivity index (χ1) is 13.6. The maximum Gasteiger partial charge on any atom is 0.367 e. The summed E-state index contributed by atoms with van der Waals surface area (Å²) < 4.78 is 26.8. The highest BCUT2D eigenvalue weighted by atomic mass is 79.9. The molecule has 0 saturated heterocycles. The van der Waals surface area contributed by atoms with Crippen LogP contribution in [-0.4, -0.2) is 19.2 Å². The van der Waals surface area contributed by atoms with Crippen molar-refractivity contribution in [1.82, 2.24) is 0 Å². The number of fused-ring (bicyclic) bond motifs is 1. The van der Waals surface area contributed by atoms with Crippen LogP contribution in [0, 0.1) is 5.92 Å². The van der Waals surface area contributed by atoms with Gasteiger partial charge in [0.1, 0.15) is 5.75 Å². The second-order valence-electron chi connectivity index (χ2n) is 8.19. The highest BCUT2D eigenvalue weighted by Gasteiger charge is 2.35. The van der Waals surface area contributed by atoms with E-state index in [1.165, 1.54) is 11.1 Å². The Bertz CT molecular complexity index is 850. The molecule has 0 aromatic heterocycles. The van der Waals surface area contributed by atoms with Crippen LogP contribution in [0.15, 0.2) is 22.4 Å². The normalized spacial score (nSPS) is 16.1. The molecule has 0 bridgehead atoms. The summed E-state index contributed by atoms with van der Waals surface area (Å²) in [6, 6.07) is 2.00. The van der Waals surface area contributed by atoms with Crippen LogP contribution in [0.1, 0.15) is 78.0 Å². The van der Waals surface area contributed by atoms with E-state index >= 15 is 4.39 Å². The van der Waals surface area contributed by atoms with Gasteiger partial charge in [-0.3, -0.25) is 0 Å². The molecular weight excluding hydrogens is 435 g/mol. The Labute approximate surface area is 182 Å². The van der Waals surface area contributed by atoms with E-state index in [1.807, 2.05) is 19.9 Å². The Balaban J connectivity index is 2.88. The molecule has 0 unspecified atom stereocenters. The zero-order valence-electron chi connectivity index (χ0n) is 18.5. The van der Waals surface area contributed by atoms with Gasteiger partial charge in [-0.25, -0.2) is 4.79 Å². The van der Waals surface area contributed by atoms with Gasteiger partial charge in [0.05, 0.1) is 17.7 Å². The van der Waals surface area contributed by atoms with Crippen LogP contribution in [0.25, 0.3) is 11.1 Å². The molecule has 0 saturated carbocycles. The van der Waals surface area contributed by atoms with E-state index in [-0.39, 0.29) is 12.0 Å². The monoisotopic (exact) mass is 466 g/mol. The van der Waals surface area contributed by atoms with E-state index in [2.05, 4.69) is 49.7 Å². The Morgan fingerprint density at radius 3 is 2.41 bits per heavy atom. The highest BCUT2D eigenvalue weighted by molar-refractivity contribution is 9.10. The van der Waals surface area contributed by atoms with Crippen molar-refractivity contribution in [3.63, 3.8) is 0 Å². The minimum Gasteiger partial charge on any atom is -0.492 e. The Kier molecular flexibility index (Phi) is 7.72. The summed E-state index contributed by atoms with van der Waals surface area (Å²) in [4.78, 5) is 12.1. The fourth-order valence-corrected chi connectivity index (χ4v) is 5.01. The van der Waals surface area contributed by atoms with Crippen LogP contribution >= 0.6 is 15.9 Å². The predicted octanol–water partition coefficient (Wildman–Crippen LogP) is 7.22. The van der Waals surface area contributed by atoms with Gasteiger partial charge in [-0.2, -0.15) is 4.39 Å². The van der Waals surface area contributed by atoms with Crippen molar-refractivity contribution in [3.05, 3.63) is 39.1 Å². The number of carbonyl (C=O) groups excluding carboxylic acids is 1. The maximum atomic E-state index is 15.0. The van der Waals surface area contributed by atoms with Crippen LogP contribution in [0.3, 0.4) is 0 Å². The lowest BCUT2D eigenvalue weighted by Gasteiger charge is -2.36. The van der Waals surface area contributed by atoms with Gasteiger partial charge in [0.2, 0.25) is 5.83 Å². The van der Waals surface area contributed by atoms with E-state index in [0.717, 1.165) is 16.5 Å². The molecular formula is C24H32BrFO3. The lowest BCUT2D eigenvalue weighted by Crippen LogP contribution is -2.24. The van der Waals surface area contributed by atoms with E-state index in [9.17, 15) is 4.79 Å². The second kappa shape index (κ2) is 9.46. The molecule has 0 spiro atoms. The van der Waals surface area contributed by atoms with Gasteiger partial charge in [0.15, 0.2) is 0 Å². The van der Waals surface area contributed by atoms with Crippen LogP contribution in [0.4, 0.5) is 4.39 Å². The predicted molar refractivity (Wildman–Crippen MR) is 121 cm³/mol. The molecule has 0 N–H and O–H groups in total. The summed E-state index contributed by atoms with van der Waals surface area (Å²) in [7, 11) is 0. The summed E-state index contributed by atoms with van der Waals surface area (Å²) in [5.74, 6) is -0.875. The van der Waals surface area contributed by atoms with E-state index in [4.69, 9.17) is 9.47 Å². The molecule has 0 aliphatic heterocycles. The molecule has 0 heterocycles. The van der Waals surface area contributed by atoms with Gasteiger partial charge in [0, 0.05) is 11.1 Å². The van der Waals surface area contributed by atoms with Crippen molar-refractivity contribution < 1.29 is 18.7 Å². The van der Waals surface area contributed by atoms with Gasteiger partial charge in [-0.05, 0) is 76.7 Å². The number of rotatable bonds is 7. The third-order valence-electron chi connectivity index (χ3n) is 5.35. The number of hydrogen-bond donors (Lipinski definition) is 0. The van der Waals surface area contributed by atoms with Crippen molar-refractivity contribution in [2.24, 2.45) is 5.92 Å². The highest BCUT2D eigenvalue weighted by Crippen LogP contribution is 2.50. The number of hydrogen-bond acceptors (Lipinski definition) is 3. The van der Waals surface area contributed by atoms with E-state index < -0.39 is 11.8 Å². The SMILES string of the molecule is CCOC(=O)/C(F)=C(/CC)c1cc2c(c(Br)c1OCC)C(C)(C)CC=C2C(C)C. The number of allylic oxidation sites excluding steroid dienone is 3. The molecule has 1 aliphatic carbocycles. The molecule has 1 aromatic carbocycles. The molecule has 0 radical (unpaired) electrons. The zero-order chi connectivity index (χ0) is 21.9. The molecule has 5 heteroatoms. The number of esters is 1. The van der Waals surface area contributed by atoms with Crippen LogP contribution in [0.2, 0.25) is 0 Å². The average molecular weight is 467 g/mol. The molecule has 160 valence electrons. The Morgan fingerprint density at radius 1 is 1.24 bits per heavy atom. The number of benzene rings is 1. The molecule has 1 aromatic rings. The number of carbonyl (C=O) groups is 1. The third kappa shape index (κ3) is 4.60. The van der Waals surface area contributed by atoms with Gasteiger partial charge < -0.3 is 9.47 Å². The molecule has 3 nitrogen and oxygen atoms in total. The van der Waals surface area contributed by atoms with Gasteiger partial charge in [-0.15, -0.1) is 0 Å². The van der Waals surface area contributed by atoms with Crippen molar-refractivity contribution in [1.29, 1.82) is 0 Å². The van der Waals surface area contributed by atoms with Crippen LogP contribution < -0.4 is 4.74 Å². The Morgan fingerprint density at radius 2 is 1.90 bits per heavy atom. The quantitative estimate of drug-likeness (QED) is 0.314. The molecule has 0 fully saturated rings. The van der Waals surface area contributed by atoms with E-state index in [1.54, 1.807) is 6.92 Å². The van der Waals surface area contributed by atoms with Gasteiger partial charge in [0.25, 0.3) is 0 Å². The first-order valence-corrected chi connectivity index (χ1v) is 11.2. The first-order valence-electron chi connectivity index (χ1n) is 10.4.